The Bertz CT molecular complexity index is 1450. The van der Waals surface area contributed by atoms with Crippen molar-refractivity contribution in [3.05, 3.63) is 126 Å². The van der Waals surface area contributed by atoms with E-state index in [-0.39, 0.29) is 18.5 Å². The minimum atomic E-state index is -3.69. The Balaban J connectivity index is 1.25. The molecule has 0 atom stereocenters. The first kappa shape index (κ1) is 27.4. The third-order valence-electron chi connectivity index (χ3n) is 7.05. The van der Waals surface area contributed by atoms with Crippen LogP contribution in [-0.2, 0) is 14.8 Å². The van der Waals surface area contributed by atoms with Crippen LogP contribution in [0.1, 0.15) is 17.2 Å². The third kappa shape index (κ3) is 6.70. The summed E-state index contributed by atoms with van der Waals surface area (Å²) in [6.07, 6.45) is 1.12. The van der Waals surface area contributed by atoms with Crippen LogP contribution >= 0.6 is 0 Å². The molecule has 1 saturated heterocycles. The lowest BCUT2D eigenvalue weighted by atomic mass is 9.96. The van der Waals surface area contributed by atoms with Gasteiger partial charge in [-0.1, -0.05) is 78.9 Å². The molecule has 0 unspecified atom stereocenters. The number of carbonyl (C=O) groups excluding carboxylic acids is 1. The Morgan fingerprint density at radius 1 is 0.725 bits per heavy atom. The molecular weight excluding hydrogens is 522 g/mol. The largest absolute Gasteiger partial charge is 0.457 e. The maximum atomic E-state index is 13.3. The van der Waals surface area contributed by atoms with Crippen molar-refractivity contribution >= 4 is 21.6 Å². The predicted octanol–water partition coefficient (Wildman–Crippen LogP) is 5.18. The molecule has 5 rings (SSSR count). The minimum absolute atomic E-state index is 0.0868. The molecule has 1 aliphatic heterocycles. The van der Waals surface area contributed by atoms with E-state index in [1.807, 2.05) is 66.7 Å². The summed E-state index contributed by atoms with van der Waals surface area (Å²) in [5.41, 5.74) is 2.83. The van der Waals surface area contributed by atoms with Gasteiger partial charge in [0.2, 0.25) is 15.9 Å². The molecule has 0 aliphatic carbocycles. The van der Waals surface area contributed by atoms with E-state index in [0.29, 0.717) is 43.4 Å². The number of para-hydroxylation sites is 1. The summed E-state index contributed by atoms with van der Waals surface area (Å²) in [4.78, 5) is 17.5. The highest BCUT2D eigenvalue weighted by Gasteiger charge is 2.30. The van der Waals surface area contributed by atoms with Crippen molar-refractivity contribution in [2.45, 2.75) is 6.04 Å². The summed E-state index contributed by atoms with van der Waals surface area (Å²) >= 11 is 0. The molecule has 0 bridgehead atoms. The number of anilines is 1. The lowest BCUT2D eigenvalue weighted by Crippen LogP contribution is -2.52. The van der Waals surface area contributed by atoms with Gasteiger partial charge in [0.05, 0.1) is 18.0 Å². The number of sulfonamides is 1. The quantitative estimate of drug-likeness (QED) is 0.285. The zero-order valence-corrected chi connectivity index (χ0v) is 23.3. The van der Waals surface area contributed by atoms with E-state index >= 15 is 0 Å². The third-order valence-corrected chi connectivity index (χ3v) is 8.19. The fourth-order valence-corrected chi connectivity index (χ4v) is 5.89. The van der Waals surface area contributed by atoms with Gasteiger partial charge in [-0.25, -0.2) is 8.42 Å². The summed E-state index contributed by atoms with van der Waals surface area (Å²) in [6, 6.07) is 36.9. The Morgan fingerprint density at radius 2 is 1.20 bits per heavy atom. The lowest BCUT2D eigenvalue weighted by Gasteiger charge is -2.40. The molecule has 0 aromatic heterocycles. The Morgan fingerprint density at radius 3 is 1.70 bits per heavy atom. The molecule has 0 N–H and O–H groups in total. The molecule has 0 spiro atoms. The van der Waals surface area contributed by atoms with Crippen LogP contribution in [0.2, 0.25) is 0 Å². The van der Waals surface area contributed by atoms with Crippen LogP contribution in [0, 0.1) is 0 Å². The van der Waals surface area contributed by atoms with Crippen LogP contribution in [0.5, 0.6) is 11.5 Å². The van der Waals surface area contributed by atoms with Crippen LogP contribution in [0.25, 0.3) is 0 Å². The van der Waals surface area contributed by atoms with Gasteiger partial charge >= 0.3 is 0 Å². The fourth-order valence-electron chi connectivity index (χ4n) is 5.04. The number of ether oxygens (including phenoxy) is 1. The SMILES string of the molecule is CS(=O)(=O)N(CC(=O)N1CCN(C(c2ccccc2)c2ccccc2)CC1)c1ccc(Oc2ccccc2)cc1. The van der Waals surface area contributed by atoms with Crippen molar-refractivity contribution in [1.29, 1.82) is 0 Å². The molecule has 0 radical (unpaired) electrons. The predicted molar refractivity (Wildman–Crippen MR) is 158 cm³/mol. The highest BCUT2D eigenvalue weighted by atomic mass is 32.2. The first-order valence-electron chi connectivity index (χ1n) is 13.3. The van der Waals surface area contributed by atoms with Gasteiger partial charge in [0.15, 0.2) is 0 Å². The highest BCUT2D eigenvalue weighted by molar-refractivity contribution is 7.92. The van der Waals surface area contributed by atoms with Crippen LogP contribution in [0.15, 0.2) is 115 Å². The molecule has 1 amide bonds. The molecule has 0 saturated carbocycles. The molecule has 4 aromatic rings. The van der Waals surface area contributed by atoms with Crippen molar-refractivity contribution < 1.29 is 17.9 Å². The van der Waals surface area contributed by atoms with Gasteiger partial charge in [-0.05, 0) is 47.5 Å². The summed E-state index contributed by atoms with van der Waals surface area (Å²) in [6.45, 7) is 2.17. The average Bonchev–Trinajstić information content (AvgIpc) is 2.98. The molecular formula is C32H33N3O4S. The molecule has 1 aliphatic rings. The van der Waals surface area contributed by atoms with Gasteiger partial charge in [0.1, 0.15) is 18.0 Å². The van der Waals surface area contributed by atoms with Crippen molar-refractivity contribution in [3.8, 4) is 11.5 Å². The second-order valence-electron chi connectivity index (χ2n) is 9.82. The second kappa shape index (κ2) is 12.4. The van der Waals surface area contributed by atoms with Gasteiger partial charge < -0.3 is 9.64 Å². The molecule has 8 heteroatoms. The number of rotatable bonds is 9. The lowest BCUT2D eigenvalue weighted by molar-refractivity contribution is -0.131. The highest BCUT2D eigenvalue weighted by Crippen LogP contribution is 2.30. The zero-order valence-electron chi connectivity index (χ0n) is 22.5. The Labute approximate surface area is 236 Å². The van der Waals surface area contributed by atoms with Crippen molar-refractivity contribution in [3.63, 3.8) is 0 Å². The number of carbonyl (C=O) groups is 1. The van der Waals surface area contributed by atoms with E-state index in [1.165, 1.54) is 11.1 Å². The standard InChI is InChI=1S/C32H33N3O4S/c1-40(37,38)35(28-17-19-30(20-18-28)39-29-15-9-4-10-16-29)25-31(36)33-21-23-34(24-22-33)32(26-11-5-2-6-12-26)27-13-7-3-8-14-27/h2-20,32H,21-25H2,1H3. The average molecular weight is 556 g/mol. The number of hydrogen-bond acceptors (Lipinski definition) is 5. The maximum absolute atomic E-state index is 13.3. The maximum Gasteiger partial charge on any atom is 0.243 e. The second-order valence-corrected chi connectivity index (χ2v) is 11.7. The number of hydrogen-bond donors (Lipinski definition) is 0. The van der Waals surface area contributed by atoms with Gasteiger partial charge in [-0.15, -0.1) is 0 Å². The van der Waals surface area contributed by atoms with Gasteiger partial charge in [0, 0.05) is 26.2 Å². The fraction of sp³-hybridized carbons (Fsp3) is 0.219. The topological polar surface area (TPSA) is 70.2 Å². The first-order valence-corrected chi connectivity index (χ1v) is 15.2. The Hall–Kier alpha value is -4.14. The van der Waals surface area contributed by atoms with Crippen LogP contribution in [0.3, 0.4) is 0 Å². The van der Waals surface area contributed by atoms with Gasteiger partial charge in [-0.3, -0.25) is 14.0 Å². The van der Waals surface area contributed by atoms with Crippen LogP contribution < -0.4 is 9.04 Å². The van der Waals surface area contributed by atoms with Crippen molar-refractivity contribution in [2.75, 3.05) is 43.3 Å². The summed E-state index contributed by atoms with van der Waals surface area (Å²) in [7, 11) is -3.69. The number of nitrogens with zero attached hydrogens (tertiary/aromatic N) is 3. The van der Waals surface area contributed by atoms with Crippen molar-refractivity contribution in [1.82, 2.24) is 9.80 Å². The number of benzene rings is 4. The van der Waals surface area contributed by atoms with E-state index in [0.717, 1.165) is 10.6 Å². The van der Waals surface area contributed by atoms with Crippen molar-refractivity contribution in [2.24, 2.45) is 0 Å². The zero-order chi connectivity index (χ0) is 28.0. The van der Waals surface area contributed by atoms with E-state index in [4.69, 9.17) is 4.74 Å². The molecule has 7 nitrogen and oxygen atoms in total. The molecule has 206 valence electrons. The van der Waals surface area contributed by atoms with Gasteiger partial charge in [-0.2, -0.15) is 0 Å². The summed E-state index contributed by atoms with van der Waals surface area (Å²) < 4.78 is 32.4. The monoisotopic (exact) mass is 555 g/mol. The minimum Gasteiger partial charge on any atom is -0.457 e. The molecule has 40 heavy (non-hydrogen) atoms. The van der Waals surface area contributed by atoms with E-state index in [2.05, 4.69) is 29.2 Å². The summed E-state index contributed by atoms with van der Waals surface area (Å²) in [5, 5.41) is 0. The van der Waals surface area contributed by atoms with Gasteiger partial charge in [0.25, 0.3) is 0 Å². The van der Waals surface area contributed by atoms with E-state index in [1.54, 1.807) is 29.2 Å². The number of amides is 1. The summed E-state index contributed by atoms with van der Waals surface area (Å²) in [5.74, 6) is 1.05. The molecule has 1 fully saturated rings. The Kier molecular flexibility index (Phi) is 8.48. The van der Waals surface area contributed by atoms with E-state index < -0.39 is 10.0 Å². The number of piperazine rings is 1. The molecule has 1 heterocycles. The first-order chi connectivity index (χ1) is 19.4. The van der Waals surface area contributed by atoms with Crippen LogP contribution in [0.4, 0.5) is 5.69 Å². The van der Waals surface area contributed by atoms with E-state index in [9.17, 15) is 13.2 Å². The van der Waals surface area contributed by atoms with Crippen LogP contribution in [-0.4, -0.2) is 63.1 Å². The normalized spacial score (nSPS) is 14.2. The molecule has 4 aromatic carbocycles. The smallest absolute Gasteiger partial charge is 0.243 e.